The molecule has 1 aromatic heterocycles. The molecule has 0 radical (unpaired) electrons. The van der Waals surface area contributed by atoms with Crippen molar-refractivity contribution in [3.05, 3.63) is 83.2 Å². The zero-order chi connectivity index (χ0) is 24.5. The van der Waals surface area contributed by atoms with E-state index in [1.54, 1.807) is 43.5 Å². The molecule has 3 aromatic rings. The molecule has 182 valence electrons. The van der Waals surface area contributed by atoms with Gasteiger partial charge in [0.1, 0.15) is 5.82 Å². The number of H-pyrrole nitrogens is 1. The maximum absolute atomic E-state index is 13.6. The molecule has 1 atom stereocenters. The van der Waals surface area contributed by atoms with E-state index in [-0.39, 0.29) is 18.9 Å². The van der Waals surface area contributed by atoms with Crippen molar-refractivity contribution in [1.29, 1.82) is 0 Å². The molecule has 0 aliphatic carbocycles. The Morgan fingerprint density at radius 3 is 2.53 bits per heavy atom. The summed E-state index contributed by atoms with van der Waals surface area (Å²) in [6.45, 7) is 1.34. The summed E-state index contributed by atoms with van der Waals surface area (Å²) >= 11 is 0. The molecule has 0 amide bonds. The number of hydrogen-bond acceptors (Lipinski definition) is 4. The Balaban J connectivity index is 1.76. The van der Waals surface area contributed by atoms with E-state index >= 15 is 0 Å². The molecule has 0 spiro atoms. The van der Waals surface area contributed by atoms with E-state index in [0.29, 0.717) is 40.5 Å². The smallest absolute Gasteiger partial charge is 0.361 e. The molecule has 4 rings (SSSR count). The van der Waals surface area contributed by atoms with Crippen molar-refractivity contribution in [2.45, 2.75) is 44.4 Å². The van der Waals surface area contributed by atoms with Crippen LogP contribution in [0, 0.1) is 12.7 Å². The largest absolute Gasteiger partial charge is 0.511 e. The highest BCUT2D eigenvalue weighted by Gasteiger charge is 2.51. The van der Waals surface area contributed by atoms with Gasteiger partial charge in [-0.25, -0.2) is 17.8 Å². The van der Waals surface area contributed by atoms with Crippen LogP contribution in [0.25, 0.3) is 0 Å². The van der Waals surface area contributed by atoms with E-state index in [1.807, 2.05) is 4.90 Å². The summed E-state index contributed by atoms with van der Waals surface area (Å²) in [5.41, 5.74) is -1.95. The van der Waals surface area contributed by atoms with Gasteiger partial charge < -0.3 is 9.88 Å². The van der Waals surface area contributed by atoms with Crippen molar-refractivity contribution in [2.75, 3.05) is 11.4 Å². The van der Waals surface area contributed by atoms with Crippen LogP contribution in [0.3, 0.4) is 0 Å². The van der Waals surface area contributed by atoms with E-state index in [4.69, 9.17) is 0 Å². The minimum Gasteiger partial charge on any atom is -0.361 e. The molecule has 6 nitrogen and oxygen atoms in total. The first-order chi connectivity index (χ1) is 16.1. The summed E-state index contributed by atoms with van der Waals surface area (Å²) in [6.07, 6.45) is 3.93. The van der Waals surface area contributed by atoms with Gasteiger partial charge in [-0.2, -0.15) is 17.5 Å². The first kappa shape index (κ1) is 24.2. The predicted octanol–water partition coefficient (Wildman–Crippen LogP) is 4.53. The molecule has 11 heteroatoms. The number of aromatic nitrogens is 2. The van der Waals surface area contributed by atoms with Gasteiger partial charge in [-0.1, -0.05) is 24.3 Å². The standard InChI is InChI=1S/C23H24F4N4O2S/c1-16-3-2-4-22-21(16)14-30(34(32,33)23(25,26)27)13-20(31(22)12-19-11-28-15-29-19)10-7-17-5-8-18(24)9-6-17/h2-6,8-9,11,15,20H,7,10,12-14H2,1H3,(H,28,29). The molecular formula is C23H24F4N4O2S. The molecule has 0 bridgehead atoms. The average Bonchev–Trinajstić information content (AvgIpc) is 3.23. The summed E-state index contributed by atoms with van der Waals surface area (Å²) in [6, 6.07) is 10.7. The number of imidazole rings is 1. The molecule has 2 aromatic carbocycles. The SMILES string of the molecule is Cc1cccc2c1CN(S(=O)(=O)C(F)(F)F)CC(CCc1ccc(F)cc1)N2Cc1cnc[nH]1. The van der Waals surface area contributed by atoms with Gasteiger partial charge in [-0.05, 0) is 54.7 Å². The van der Waals surface area contributed by atoms with E-state index < -0.39 is 21.6 Å². The number of fused-ring (bicyclic) bond motifs is 1. The number of nitrogens with one attached hydrogen (secondary N) is 1. The van der Waals surface area contributed by atoms with Gasteiger partial charge >= 0.3 is 15.5 Å². The number of sulfonamides is 1. The zero-order valence-electron chi connectivity index (χ0n) is 18.4. The Bertz CT molecular complexity index is 1230. The molecule has 0 fully saturated rings. The fourth-order valence-corrected chi connectivity index (χ4v) is 5.22. The first-order valence-corrected chi connectivity index (χ1v) is 12.1. The number of nitrogens with zero attached hydrogens (tertiary/aromatic N) is 3. The monoisotopic (exact) mass is 496 g/mol. The van der Waals surface area contributed by atoms with E-state index in [9.17, 15) is 26.0 Å². The maximum Gasteiger partial charge on any atom is 0.511 e. The average molecular weight is 497 g/mol. The summed E-state index contributed by atoms with van der Waals surface area (Å²) in [5.74, 6) is -0.383. The second-order valence-electron chi connectivity index (χ2n) is 8.34. The van der Waals surface area contributed by atoms with Gasteiger partial charge in [0.25, 0.3) is 0 Å². The van der Waals surface area contributed by atoms with Crippen LogP contribution < -0.4 is 4.90 Å². The highest BCUT2D eigenvalue weighted by atomic mass is 32.2. The van der Waals surface area contributed by atoms with Gasteiger partial charge in [0, 0.05) is 31.0 Å². The Morgan fingerprint density at radius 2 is 1.88 bits per heavy atom. The maximum atomic E-state index is 13.6. The minimum absolute atomic E-state index is 0.310. The van der Waals surface area contributed by atoms with Crippen molar-refractivity contribution in [2.24, 2.45) is 0 Å². The summed E-state index contributed by atoms with van der Waals surface area (Å²) in [4.78, 5) is 8.97. The lowest BCUT2D eigenvalue weighted by Crippen LogP contribution is -2.47. The third-order valence-corrected chi connectivity index (χ3v) is 7.64. The second-order valence-corrected chi connectivity index (χ2v) is 10.3. The molecule has 1 aliphatic rings. The Kier molecular flexibility index (Phi) is 6.68. The van der Waals surface area contributed by atoms with Gasteiger partial charge in [0.2, 0.25) is 0 Å². The summed E-state index contributed by atoms with van der Waals surface area (Å²) in [7, 11) is -5.55. The number of alkyl halides is 3. The molecule has 34 heavy (non-hydrogen) atoms. The van der Waals surface area contributed by atoms with Crippen LogP contribution in [0.5, 0.6) is 0 Å². The molecule has 2 heterocycles. The molecule has 0 saturated carbocycles. The van der Waals surface area contributed by atoms with Gasteiger partial charge in [-0.3, -0.25) is 0 Å². The lowest BCUT2D eigenvalue weighted by molar-refractivity contribution is -0.0492. The summed E-state index contributed by atoms with van der Waals surface area (Å²) in [5, 5.41) is 0. The topological polar surface area (TPSA) is 69.3 Å². The Labute approximate surface area is 195 Å². The van der Waals surface area contributed by atoms with E-state index in [1.165, 1.54) is 18.5 Å². The quantitative estimate of drug-likeness (QED) is 0.509. The number of aromatic amines is 1. The van der Waals surface area contributed by atoms with Crippen LogP contribution in [0.1, 0.15) is 28.8 Å². The number of benzene rings is 2. The predicted molar refractivity (Wildman–Crippen MR) is 120 cm³/mol. The fourth-order valence-electron chi connectivity index (χ4n) is 4.26. The third kappa shape index (κ3) is 4.95. The molecule has 1 aliphatic heterocycles. The van der Waals surface area contributed by atoms with Crippen LogP contribution in [-0.4, -0.2) is 40.8 Å². The highest BCUT2D eigenvalue weighted by Crippen LogP contribution is 2.37. The number of aryl methyl sites for hydroxylation is 2. The lowest BCUT2D eigenvalue weighted by Gasteiger charge is -2.34. The molecule has 0 saturated heterocycles. The van der Waals surface area contributed by atoms with Crippen molar-refractivity contribution < 1.29 is 26.0 Å². The second kappa shape index (κ2) is 9.38. The van der Waals surface area contributed by atoms with Crippen molar-refractivity contribution >= 4 is 15.7 Å². The van der Waals surface area contributed by atoms with E-state index in [0.717, 1.165) is 11.3 Å². The minimum atomic E-state index is -5.55. The Morgan fingerprint density at radius 1 is 1.15 bits per heavy atom. The van der Waals surface area contributed by atoms with Crippen LogP contribution in [0.2, 0.25) is 0 Å². The molecule has 1 unspecified atom stereocenters. The van der Waals surface area contributed by atoms with E-state index in [2.05, 4.69) is 9.97 Å². The number of halogens is 4. The third-order valence-electron chi connectivity index (χ3n) is 6.09. The van der Waals surface area contributed by atoms with Crippen LogP contribution in [-0.2, 0) is 29.5 Å². The normalized spacial score (nSPS) is 17.4. The zero-order valence-corrected chi connectivity index (χ0v) is 19.2. The van der Waals surface area contributed by atoms with Crippen molar-refractivity contribution in [3.63, 3.8) is 0 Å². The van der Waals surface area contributed by atoms with Gasteiger partial charge in [0.05, 0.1) is 18.6 Å². The fraction of sp³-hybridized carbons (Fsp3) is 0.348. The van der Waals surface area contributed by atoms with Gasteiger partial charge in [-0.15, -0.1) is 0 Å². The highest BCUT2D eigenvalue weighted by molar-refractivity contribution is 7.89. The lowest BCUT2D eigenvalue weighted by atomic mass is 10.0. The van der Waals surface area contributed by atoms with Gasteiger partial charge in [0.15, 0.2) is 0 Å². The van der Waals surface area contributed by atoms with Crippen molar-refractivity contribution in [1.82, 2.24) is 14.3 Å². The molecule has 1 N–H and O–H groups in total. The Hall–Kier alpha value is -2.92. The van der Waals surface area contributed by atoms with Crippen molar-refractivity contribution in [3.8, 4) is 0 Å². The van der Waals surface area contributed by atoms with Crippen LogP contribution in [0.15, 0.2) is 55.0 Å². The van der Waals surface area contributed by atoms with Crippen LogP contribution in [0.4, 0.5) is 23.2 Å². The summed E-state index contributed by atoms with van der Waals surface area (Å²) < 4.78 is 79.5. The number of rotatable bonds is 6. The van der Waals surface area contributed by atoms with Crippen LogP contribution >= 0.6 is 0 Å². The number of anilines is 1. The molecular weight excluding hydrogens is 472 g/mol. The number of hydrogen-bond donors (Lipinski definition) is 1. The first-order valence-electron chi connectivity index (χ1n) is 10.7.